The molecular weight excluding hydrogens is 290 g/mol. The summed E-state index contributed by atoms with van der Waals surface area (Å²) in [5.74, 6) is -2.18. The second kappa shape index (κ2) is 5.51. The summed E-state index contributed by atoms with van der Waals surface area (Å²) in [5, 5.41) is 8.60. The molecule has 0 saturated carbocycles. The maximum absolute atomic E-state index is 13.9. The van der Waals surface area contributed by atoms with Crippen molar-refractivity contribution in [1.82, 2.24) is 4.98 Å². The molecule has 0 amide bonds. The number of rotatable bonds is 3. The van der Waals surface area contributed by atoms with E-state index in [4.69, 9.17) is 5.11 Å². The van der Waals surface area contributed by atoms with Crippen molar-refractivity contribution < 1.29 is 27.5 Å². The number of alkyl halides is 3. The molecule has 0 bridgehead atoms. The second-order valence-corrected chi connectivity index (χ2v) is 4.29. The Labute approximate surface area is 116 Å². The average Bonchev–Trinajstić information content (AvgIpc) is 2.37. The van der Waals surface area contributed by atoms with Crippen LogP contribution in [0.3, 0.4) is 0 Å². The third-order valence-electron chi connectivity index (χ3n) is 2.74. The molecule has 21 heavy (non-hydrogen) atoms. The van der Waals surface area contributed by atoms with Crippen LogP contribution in [0.2, 0.25) is 0 Å². The molecule has 0 aliphatic heterocycles. The second-order valence-electron chi connectivity index (χ2n) is 4.29. The number of carboxylic acids is 1. The topological polar surface area (TPSA) is 50.2 Å². The van der Waals surface area contributed by atoms with Crippen LogP contribution in [0.4, 0.5) is 17.6 Å². The molecule has 1 aromatic heterocycles. The van der Waals surface area contributed by atoms with Gasteiger partial charge >= 0.3 is 12.1 Å². The largest absolute Gasteiger partial charge is 0.481 e. The van der Waals surface area contributed by atoms with Crippen LogP contribution in [0.25, 0.3) is 11.3 Å². The Morgan fingerprint density at radius 1 is 1.24 bits per heavy atom. The maximum atomic E-state index is 13.9. The predicted octanol–water partition coefficient (Wildman–Crippen LogP) is 3.53. The minimum Gasteiger partial charge on any atom is -0.481 e. The number of benzene rings is 1. The lowest BCUT2D eigenvalue weighted by Crippen LogP contribution is -2.08. The molecule has 2 aromatic rings. The summed E-state index contributed by atoms with van der Waals surface area (Å²) < 4.78 is 52.6. The molecule has 1 N–H and O–H groups in total. The fraction of sp³-hybridized carbons (Fsp3) is 0.143. The summed E-state index contributed by atoms with van der Waals surface area (Å²) in [7, 11) is 0. The highest BCUT2D eigenvalue weighted by Gasteiger charge is 2.34. The Hall–Kier alpha value is -2.44. The summed E-state index contributed by atoms with van der Waals surface area (Å²) in [6.07, 6.45) is -4.03. The van der Waals surface area contributed by atoms with Gasteiger partial charge in [0.1, 0.15) is 11.5 Å². The molecule has 0 radical (unpaired) electrons. The van der Waals surface area contributed by atoms with Gasteiger partial charge < -0.3 is 5.11 Å². The van der Waals surface area contributed by atoms with Crippen molar-refractivity contribution in [2.24, 2.45) is 0 Å². The van der Waals surface area contributed by atoms with Gasteiger partial charge in [0.05, 0.1) is 12.0 Å². The molecule has 3 nitrogen and oxygen atoms in total. The average molecular weight is 299 g/mol. The number of carbonyl (C=O) groups is 1. The van der Waals surface area contributed by atoms with Crippen LogP contribution in [0.15, 0.2) is 36.5 Å². The van der Waals surface area contributed by atoms with Crippen molar-refractivity contribution in [3.05, 3.63) is 53.5 Å². The van der Waals surface area contributed by atoms with Crippen LogP contribution in [-0.2, 0) is 17.4 Å². The quantitative estimate of drug-likeness (QED) is 0.882. The summed E-state index contributed by atoms with van der Waals surface area (Å²) in [5.41, 5.74) is -1.77. The van der Waals surface area contributed by atoms with Crippen molar-refractivity contribution in [3.8, 4) is 11.3 Å². The Balaban J connectivity index is 2.51. The molecule has 0 aliphatic carbocycles. The Bertz CT molecular complexity index is 683. The van der Waals surface area contributed by atoms with Gasteiger partial charge in [-0.25, -0.2) is 4.39 Å². The first-order valence-corrected chi connectivity index (χ1v) is 5.82. The fourth-order valence-electron chi connectivity index (χ4n) is 1.88. The molecule has 0 spiro atoms. The van der Waals surface area contributed by atoms with Gasteiger partial charge in [-0.1, -0.05) is 18.2 Å². The van der Waals surface area contributed by atoms with E-state index in [0.29, 0.717) is 0 Å². The number of nitrogens with zero attached hydrogens (tertiary/aromatic N) is 1. The predicted molar refractivity (Wildman–Crippen MR) is 66.0 cm³/mol. The van der Waals surface area contributed by atoms with E-state index in [2.05, 4.69) is 4.98 Å². The summed E-state index contributed by atoms with van der Waals surface area (Å²) >= 11 is 0. The van der Waals surface area contributed by atoms with Gasteiger partial charge in [0.25, 0.3) is 0 Å². The molecule has 0 unspecified atom stereocenters. The van der Waals surface area contributed by atoms with E-state index in [1.165, 1.54) is 12.1 Å². The highest BCUT2D eigenvalue weighted by atomic mass is 19.4. The molecule has 0 aliphatic rings. The molecule has 2 rings (SSSR count). The first-order chi connectivity index (χ1) is 9.79. The molecule has 110 valence electrons. The van der Waals surface area contributed by atoms with Gasteiger partial charge in [0, 0.05) is 11.8 Å². The van der Waals surface area contributed by atoms with E-state index in [-0.39, 0.29) is 11.1 Å². The van der Waals surface area contributed by atoms with Crippen LogP contribution in [0, 0.1) is 5.82 Å². The molecule has 0 saturated heterocycles. The molecular formula is C14H9F4NO2. The third kappa shape index (κ3) is 3.36. The standard InChI is InChI=1S/C14H9F4NO2/c15-11-5-8(6-12(20)21)7-19-13(11)9-3-1-2-4-10(9)14(16,17)18/h1-5,7H,6H2,(H,20,21). The number of aromatic nitrogens is 1. The van der Waals surface area contributed by atoms with Gasteiger partial charge in [-0.15, -0.1) is 0 Å². The Morgan fingerprint density at radius 2 is 1.90 bits per heavy atom. The van der Waals surface area contributed by atoms with Crippen LogP contribution in [0.1, 0.15) is 11.1 Å². The summed E-state index contributed by atoms with van der Waals surface area (Å²) in [6.45, 7) is 0. The molecule has 1 aromatic carbocycles. The van der Waals surface area contributed by atoms with E-state index in [9.17, 15) is 22.4 Å². The molecule has 1 heterocycles. The highest BCUT2D eigenvalue weighted by Crippen LogP contribution is 2.37. The number of pyridine rings is 1. The number of hydrogen-bond donors (Lipinski definition) is 1. The van der Waals surface area contributed by atoms with E-state index in [1.54, 1.807) is 0 Å². The van der Waals surface area contributed by atoms with Crippen molar-refractivity contribution in [2.45, 2.75) is 12.6 Å². The van der Waals surface area contributed by atoms with Crippen molar-refractivity contribution in [3.63, 3.8) is 0 Å². The summed E-state index contributed by atoms with van der Waals surface area (Å²) in [4.78, 5) is 14.2. The van der Waals surface area contributed by atoms with Gasteiger partial charge in [0.2, 0.25) is 0 Å². The monoisotopic (exact) mass is 299 g/mol. The maximum Gasteiger partial charge on any atom is 0.417 e. The van der Waals surface area contributed by atoms with Crippen LogP contribution in [0.5, 0.6) is 0 Å². The van der Waals surface area contributed by atoms with Crippen LogP contribution in [-0.4, -0.2) is 16.1 Å². The molecule has 7 heteroatoms. The lowest BCUT2D eigenvalue weighted by atomic mass is 10.0. The highest BCUT2D eigenvalue weighted by molar-refractivity contribution is 5.71. The molecule has 0 fully saturated rings. The van der Waals surface area contributed by atoms with Crippen molar-refractivity contribution in [2.75, 3.05) is 0 Å². The van der Waals surface area contributed by atoms with E-state index in [1.807, 2.05) is 0 Å². The first-order valence-electron chi connectivity index (χ1n) is 5.82. The minimum absolute atomic E-state index is 0.0771. The SMILES string of the molecule is O=C(O)Cc1cnc(-c2ccccc2C(F)(F)F)c(F)c1. The number of hydrogen-bond acceptors (Lipinski definition) is 2. The minimum atomic E-state index is -4.63. The van der Waals surface area contributed by atoms with Gasteiger partial charge in [-0.05, 0) is 17.7 Å². The van der Waals surface area contributed by atoms with Gasteiger partial charge in [-0.3, -0.25) is 9.78 Å². The zero-order valence-corrected chi connectivity index (χ0v) is 10.5. The van der Waals surface area contributed by atoms with Gasteiger partial charge in [0.15, 0.2) is 0 Å². The smallest absolute Gasteiger partial charge is 0.417 e. The van der Waals surface area contributed by atoms with E-state index >= 15 is 0 Å². The fourth-order valence-corrected chi connectivity index (χ4v) is 1.88. The van der Waals surface area contributed by atoms with Gasteiger partial charge in [-0.2, -0.15) is 13.2 Å². The summed E-state index contributed by atoms with van der Waals surface area (Å²) in [6, 6.07) is 5.37. The zero-order chi connectivity index (χ0) is 15.6. The van der Waals surface area contributed by atoms with Crippen molar-refractivity contribution in [1.29, 1.82) is 0 Å². The van der Waals surface area contributed by atoms with E-state index in [0.717, 1.165) is 24.4 Å². The van der Waals surface area contributed by atoms with E-state index < -0.39 is 35.6 Å². The first kappa shape index (κ1) is 15.0. The van der Waals surface area contributed by atoms with Crippen molar-refractivity contribution >= 4 is 5.97 Å². The van der Waals surface area contributed by atoms with Crippen LogP contribution < -0.4 is 0 Å². The number of aliphatic carboxylic acids is 1. The number of halogens is 4. The Kier molecular flexibility index (Phi) is 3.93. The molecule has 0 atom stereocenters. The lowest BCUT2D eigenvalue weighted by Gasteiger charge is -2.13. The lowest BCUT2D eigenvalue weighted by molar-refractivity contribution is -0.137. The Morgan fingerprint density at radius 3 is 2.48 bits per heavy atom. The normalized spacial score (nSPS) is 11.4. The number of carboxylic acid groups (broad SMARTS) is 1. The zero-order valence-electron chi connectivity index (χ0n) is 10.5. The third-order valence-corrected chi connectivity index (χ3v) is 2.74. The van der Waals surface area contributed by atoms with Crippen LogP contribution >= 0.6 is 0 Å².